The average Bonchev–Trinajstić information content (AvgIpc) is 2.41. The zero-order valence-electron chi connectivity index (χ0n) is 11.7. The number of nitriles is 1. The van der Waals surface area contributed by atoms with E-state index in [-0.39, 0.29) is 12.6 Å². The first-order valence-electron chi connectivity index (χ1n) is 6.39. The van der Waals surface area contributed by atoms with Gasteiger partial charge < -0.3 is 15.5 Å². The highest BCUT2D eigenvalue weighted by molar-refractivity contribution is 5.90. The van der Waals surface area contributed by atoms with Crippen LogP contribution >= 0.6 is 0 Å². The molecule has 0 aliphatic heterocycles. The lowest BCUT2D eigenvalue weighted by Crippen LogP contribution is -2.29. The highest BCUT2D eigenvalue weighted by atomic mass is 16.2. The van der Waals surface area contributed by atoms with Crippen molar-refractivity contribution in [2.45, 2.75) is 20.8 Å². The molecule has 0 aliphatic rings. The number of anilines is 2. The predicted molar refractivity (Wildman–Crippen MR) is 77.4 cm³/mol. The summed E-state index contributed by atoms with van der Waals surface area (Å²) in [7, 11) is 0. The van der Waals surface area contributed by atoms with Crippen LogP contribution in [0.4, 0.5) is 16.2 Å². The molecule has 0 aliphatic carbocycles. The molecule has 0 saturated heterocycles. The highest BCUT2D eigenvalue weighted by Crippen LogP contribution is 2.22. The molecule has 102 valence electrons. The van der Waals surface area contributed by atoms with E-state index in [2.05, 4.69) is 29.4 Å². The molecule has 0 spiro atoms. The van der Waals surface area contributed by atoms with Crippen LogP contribution in [0, 0.1) is 18.3 Å². The van der Waals surface area contributed by atoms with Crippen molar-refractivity contribution in [1.29, 1.82) is 5.26 Å². The van der Waals surface area contributed by atoms with Gasteiger partial charge >= 0.3 is 6.03 Å². The Labute approximate surface area is 114 Å². The molecular formula is C14H20N4O. The first kappa shape index (κ1) is 14.8. The third kappa shape index (κ3) is 4.18. The summed E-state index contributed by atoms with van der Waals surface area (Å²) in [4.78, 5) is 13.7. The fourth-order valence-corrected chi connectivity index (χ4v) is 1.86. The molecule has 0 aromatic heterocycles. The van der Waals surface area contributed by atoms with Crippen LogP contribution in [-0.4, -0.2) is 25.7 Å². The summed E-state index contributed by atoms with van der Waals surface area (Å²) in [6.45, 7) is 8.08. The lowest BCUT2D eigenvalue weighted by atomic mass is 10.1. The Balaban J connectivity index is 2.77. The maximum Gasteiger partial charge on any atom is 0.320 e. The van der Waals surface area contributed by atoms with Crippen molar-refractivity contribution in [3.8, 4) is 6.07 Å². The largest absolute Gasteiger partial charge is 0.372 e. The van der Waals surface area contributed by atoms with E-state index in [1.165, 1.54) is 0 Å². The molecule has 2 N–H and O–H groups in total. The number of carbonyl (C=O) groups is 1. The second kappa shape index (κ2) is 7.27. The molecule has 5 nitrogen and oxygen atoms in total. The molecule has 0 unspecified atom stereocenters. The van der Waals surface area contributed by atoms with Crippen molar-refractivity contribution in [2.24, 2.45) is 0 Å². The summed E-state index contributed by atoms with van der Waals surface area (Å²) >= 11 is 0. The Kier molecular flexibility index (Phi) is 5.68. The van der Waals surface area contributed by atoms with Crippen LogP contribution in [0.3, 0.4) is 0 Å². The van der Waals surface area contributed by atoms with E-state index in [1.54, 1.807) is 0 Å². The highest BCUT2D eigenvalue weighted by Gasteiger charge is 2.07. The minimum Gasteiger partial charge on any atom is -0.372 e. The molecule has 0 saturated carbocycles. The molecule has 0 radical (unpaired) electrons. The van der Waals surface area contributed by atoms with Gasteiger partial charge in [-0.2, -0.15) is 5.26 Å². The monoisotopic (exact) mass is 260 g/mol. The Morgan fingerprint density at radius 2 is 2.05 bits per heavy atom. The number of hydrogen-bond donors (Lipinski definition) is 2. The van der Waals surface area contributed by atoms with Gasteiger partial charge in [-0.1, -0.05) is 0 Å². The normalized spacial score (nSPS) is 9.58. The molecule has 1 aromatic rings. The van der Waals surface area contributed by atoms with Crippen molar-refractivity contribution in [3.63, 3.8) is 0 Å². The summed E-state index contributed by atoms with van der Waals surface area (Å²) < 4.78 is 0. The van der Waals surface area contributed by atoms with Crippen LogP contribution in [0.15, 0.2) is 18.2 Å². The molecule has 0 heterocycles. The molecular weight excluding hydrogens is 240 g/mol. The second-order valence-electron chi connectivity index (χ2n) is 4.14. The lowest BCUT2D eigenvalue weighted by molar-refractivity contribution is 0.253. The Morgan fingerprint density at radius 3 is 2.58 bits per heavy atom. The molecule has 0 bridgehead atoms. The topological polar surface area (TPSA) is 68.2 Å². The molecule has 19 heavy (non-hydrogen) atoms. The minimum absolute atomic E-state index is 0.00239. The van der Waals surface area contributed by atoms with Gasteiger partial charge in [-0.05, 0) is 44.5 Å². The summed E-state index contributed by atoms with van der Waals surface area (Å²) in [6.07, 6.45) is 0. The molecule has 0 fully saturated rings. The zero-order chi connectivity index (χ0) is 14.3. The predicted octanol–water partition coefficient (Wildman–Crippen LogP) is 2.49. The first-order valence-corrected chi connectivity index (χ1v) is 6.39. The van der Waals surface area contributed by atoms with Crippen molar-refractivity contribution in [3.05, 3.63) is 23.8 Å². The smallest absolute Gasteiger partial charge is 0.320 e. The van der Waals surface area contributed by atoms with Crippen molar-refractivity contribution in [2.75, 3.05) is 29.9 Å². The van der Waals surface area contributed by atoms with Crippen LogP contribution in [0.25, 0.3) is 0 Å². The number of aryl methyl sites for hydroxylation is 1. The number of hydrogen-bond acceptors (Lipinski definition) is 3. The van der Waals surface area contributed by atoms with E-state index in [1.807, 2.05) is 31.2 Å². The maximum atomic E-state index is 11.5. The zero-order valence-corrected chi connectivity index (χ0v) is 11.7. The van der Waals surface area contributed by atoms with Gasteiger partial charge in [0.2, 0.25) is 0 Å². The summed E-state index contributed by atoms with van der Waals surface area (Å²) in [5.74, 6) is 0. The lowest BCUT2D eigenvalue weighted by Gasteiger charge is -2.22. The summed E-state index contributed by atoms with van der Waals surface area (Å²) in [5, 5.41) is 13.6. The van der Waals surface area contributed by atoms with Gasteiger partial charge in [0.25, 0.3) is 0 Å². The third-order valence-electron chi connectivity index (χ3n) is 2.91. The number of carbonyl (C=O) groups excluding carboxylic acids is 1. The van der Waals surface area contributed by atoms with Crippen molar-refractivity contribution in [1.82, 2.24) is 5.32 Å². The molecule has 1 aromatic carbocycles. The number of benzene rings is 1. The van der Waals surface area contributed by atoms with Gasteiger partial charge in [0.05, 0.1) is 6.07 Å². The van der Waals surface area contributed by atoms with Gasteiger partial charge in [-0.15, -0.1) is 0 Å². The van der Waals surface area contributed by atoms with Crippen molar-refractivity contribution >= 4 is 17.4 Å². The van der Waals surface area contributed by atoms with Gasteiger partial charge in [0, 0.05) is 24.5 Å². The van der Waals surface area contributed by atoms with Crippen LogP contribution < -0.4 is 15.5 Å². The Hall–Kier alpha value is -2.22. The average molecular weight is 260 g/mol. The van der Waals surface area contributed by atoms with Crippen LogP contribution in [0.5, 0.6) is 0 Å². The first-order chi connectivity index (χ1) is 9.12. The number of urea groups is 1. The summed E-state index contributed by atoms with van der Waals surface area (Å²) in [6, 6.07) is 7.42. The SMILES string of the molecule is CCN(CC)c1ccc(NC(=O)NCC#N)c(C)c1. The minimum atomic E-state index is -0.361. The van der Waals surface area contributed by atoms with Crippen LogP contribution in [0.2, 0.25) is 0 Å². The van der Waals surface area contributed by atoms with E-state index in [0.717, 1.165) is 30.0 Å². The van der Waals surface area contributed by atoms with E-state index in [4.69, 9.17) is 5.26 Å². The molecule has 1 rings (SSSR count). The number of rotatable bonds is 5. The second-order valence-corrected chi connectivity index (χ2v) is 4.14. The number of amides is 2. The number of nitrogens with zero attached hydrogens (tertiary/aromatic N) is 2. The van der Waals surface area contributed by atoms with E-state index in [0.29, 0.717) is 0 Å². The Bertz CT molecular complexity index is 475. The van der Waals surface area contributed by atoms with E-state index >= 15 is 0 Å². The molecule has 5 heteroatoms. The van der Waals surface area contributed by atoms with Crippen LogP contribution in [-0.2, 0) is 0 Å². The molecule has 2 amide bonds. The van der Waals surface area contributed by atoms with E-state index < -0.39 is 0 Å². The van der Waals surface area contributed by atoms with Gasteiger partial charge in [0.15, 0.2) is 0 Å². The third-order valence-corrected chi connectivity index (χ3v) is 2.91. The fraction of sp³-hybridized carbons (Fsp3) is 0.429. The molecule has 0 atom stereocenters. The summed E-state index contributed by atoms with van der Waals surface area (Å²) in [5.41, 5.74) is 2.90. The van der Waals surface area contributed by atoms with E-state index in [9.17, 15) is 4.79 Å². The quantitative estimate of drug-likeness (QED) is 0.799. The number of nitrogens with one attached hydrogen (secondary N) is 2. The standard InChI is InChI=1S/C14H20N4O/c1-4-18(5-2)12-6-7-13(11(3)10-12)17-14(19)16-9-8-15/h6-7,10H,4-5,9H2,1-3H3,(H2,16,17,19). The van der Waals surface area contributed by atoms with Gasteiger partial charge in [0.1, 0.15) is 6.54 Å². The Morgan fingerprint density at radius 1 is 1.37 bits per heavy atom. The maximum absolute atomic E-state index is 11.5. The fourth-order valence-electron chi connectivity index (χ4n) is 1.86. The van der Waals surface area contributed by atoms with Gasteiger partial charge in [-0.25, -0.2) is 4.79 Å². The van der Waals surface area contributed by atoms with Crippen LogP contribution in [0.1, 0.15) is 19.4 Å². The van der Waals surface area contributed by atoms with Gasteiger partial charge in [-0.3, -0.25) is 0 Å². The van der Waals surface area contributed by atoms with Crippen molar-refractivity contribution < 1.29 is 4.79 Å².